The van der Waals surface area contributed by atoms with E-state index in [2.05, 4.69) is 15.1 Å². The second-order valence-corrected chi connectivity index (χ2v) is 5.24. The summed E-state index contributed by atoms with van der Waals surface area (Å²) < 4.78 is 0. The lowest BCUT2D eigenvalue weighted by Crippen LogP contribution is -2.24. The van der Waals surface area contributed by atoms with E-state index in [1.165, 1.54) is 25.9 Å². The lowest BCUT2D eigenvalue weighted by Gasteiger charge is -2.12. The van der Waals surface area contributed by atoms with Crippen molar-refractivity contribution in [3.05, 3.63) is 23.8 Å². The van der Waals surface area contributed by atoms with Crippen LogP contribution in [0.1, 0.15) is 18.4 Å². The zero-order valence-corrected chi connectivity index (χ0v) is 11.3. The Morgan fingerprint density at radius 3 is 2.65 bits per heavy atom. The van der Waals surface area contributed by atoms with E-state index in [1.54, 1.807) is 10.9 Å². The normalized spacial score (nSPS) is 16.0. The van der Waals surface area contributed by atoms with Gasteiger partial charge in [-0.2, -0.15) is 15.0 Å². The van der Waals surface area contributed by atoms with Crippen LogP contribution in [0.25, 0.3) is 11.0 Å². The maximum absolute atomic E-state index is 10.7. The summed E-state index contributed by atoms with van der Waals surface area (Å²) in [5.41, 5.74) is 2.35. The Morgan fingerprint density at radius 1 is 1.15 bits per heavy atom. The van der Waals surface area contributed by atoms with Gasteiger partial charge in [0, 0.05) is 6.54 Å². The maximum atomic E-state index is 10.7. The van der Waals surface area contributed by atoms with E-state index in [1.807, 2.05) is 12.1 Å². The summed E-state index contributed by atoms with van der Waals surface area (Å²) in [5.74, 6) is -0.828. The van der Waals surface area contributed by atoms with E-state index in [0.717, 1.165) is 29.7 Å². The van der Waals surface area contributed by atoms with Crippen LogP contribution in [0.5, 0.6) is 0 Å². The molecule has 0 aliphatic carbocycles. The molecule has 2 aromatic rings. The van der Waals surface area contributed by atoms with Crippen LogP contribution in [0, 0.1) is 0 Å². The molecule has 0 atom stereocenters. The Morgan fingerprint density at radius 2 is 1.90 bits per heavy atom. The molecule has 106 valence electrons. The summed E-state index contributed by atoms with van der Waals surface area (Å²) in [6, 6.07) is 5.45. The second kappa shape index (κ2) is 5.58. The van der Waals surface area contributed by atoms with Crippen molar-refractivity contribution in [2.24, 2.45) is 0 Å². The number of carboxylic acid groups (broad SMARTS) is 1. The molecule has 0 saturated carbocycles. The van der Waals surface area contributed by atoms with Crippen molar-refractivity contribution in [1.29, 1.82) is 0 Å². The quantitative estimate of drug-likeness (QED) is 0.885. The second-order valence-electron chi connectivity index (χ2n) is 5.24. The third kappa shape index (κ3) is 2.96. The molecule has 0 amide bonds. The minimum absolute atomic E-state index is 0.0244. The molecule has 1 aromatic heterocycles. The van der Waals surface area contributed by atoms with Crippen LogP contribution in [0.2, 0.25) is 0 Å². The lowest BCUT2D eigenvalue weighted by molar-refractivity contribution is -0.136. The molecule has 1 aromatic carbocycles. The average Bonchev–Trinajstić information content (AvgIpc) is 3.04. The number of carbonyl (C=O) groups is 1. The molecule has 2 heterocycles. The van der Waals surface area contributed by atoms with Crippen molar-refractivity contribution in [3.63, 3.8) is 0 Å². The molecular formula is C14H18N4O2. The summed E-state index contributed by atoms with van der Waals surface area (Å²) in [4.78, 5) is 14.8. The van der Waals surface area contributed by atoms with Crippen LogP contribution in [-0.4, -0.2) is 50.6 Å². The SMILES string of the molecule is O=C(O)Cc1ccc2nn(CCN3CCCC3)nc2c1. The van der Waals surface area contributed by atoms with E-state index in [-0.39, 0.29) is 6.42 Å². The predicted octanol–water partition coefficient (Wildman–Crippen LogP) is 1.15. The van der Waals surface area contributed by atoms with E-state index in [9.17, 15) is 4.79 Å². The van der Waals surface area contributed by atoms with Crippen LogP contribution >= 0.6 is 0 Å². The number of rotatable bonds is 5. The fourth-order valence-corrected chi connectivity index (χ4v) is 2.63. The molecule has 0 spiro atoms. The van der Waals surface area contributed by atoms with Gasteiger partial charge in [0.1, 0.15) is 11.0 Å². The average molecular weight is 274 g/mol. The van der Waals surface area contributed by atoms with Crippen LogP contribution in [-0.2, 0) is 17.8 Å². The Kier molecular flexibility index (Phi) is 3.64. The topological polar surface area (TPSA) is 71.2 Å². The number of benzene rings is 1. The highest BCUT2D eigenvalue weighted by atomic mass is 16.4. The van der Waals surface area contributed by atoms with Gasteiger partial charge in [0.2, 0.25) is 0 Å². The Hall–Kier alpha value is -1.95. The first-order valence-corrected chi connectivity index (χ1v) is 6.98. The van der Waals surface area contributed by atoms with Crippen molar-refractivity contribution >= 4 is 17.0 Å². The standard InChI is InChI=1S/C14H18N4O2/c19-14(20)10-11-3-4-12-13(9-11)16-18(15-12)8-7-17-5-1-2-6-17/h3-4,9H,1-2,5-8,10H2,(H,19,20). The van der Waals surface area contributed by atoms with Crippen LogP contribution < -0.4 is 0 Å². The molecule has 1 N–H and O–H groups in total. The number of hydrogen-bond acceptors (Lipinski definition) is 4. The van der Waals surface area contributed by atoms with Gasteiger partial charge in [-0.25, -0.2) is 0 Å². The highest BCUT2D eigenvalue weighted by Crippen LogP contribution is 2.13. The first-order valence-electron chi connectivity index (χ1n) is 6.98. The Bertz CT molecular complexity index is 617. The molecule has 1 aliphatic heterocycles. The number of carboxylic acids is 1. The zero-order chi connectivity index (χ0) is 13.9. The summed E-state index contributed by atoms with van der Waals surface area (Å²) in [6.45, 7) is 4.10. The molecule has 0 radical (unpaired) electrons. The van der Waals surface area contributed by atoms with Gasteiger partial charge in [-0.05, 0) is 43.6 Å². The number of likely N-dealkylation sites (tertiary alicyclic amines) is 1. The number of nitrogens with zero attached hydrogens (tertiary/aromatic N) is 4. The third-order valence-electron chi connectivity index (χ3n) is 3.66. The van der Waals surface area contributed by atoms with Gasteiger partial charge < -0.3 is 10.0 Å². The number of hydrogen-bond donors (Lipinski definition) is 1. The van der Waals surface area contributed by atoms with Crippen LogP contribution in [0.4, 0.5) is 0 Å². The molecular weight excluding hydrogens is 256 g/mol. The van der Waals surface area contributed by atoms with E-state index < -0.39 is 5.97 Å². The zero-order valence-electron chi connectivity index (χ0n) is 11.3. The highest BCUT2D eigenvalue weighted by molar-refractivity contribution is 5.77. The van der Waals surface area contributed by atoms with Crippen LogP contribution in [0.15, 0.2) is 18.2 Å². The van der Waals surface area contributed by atoms with Gasteiger partial charge in [0.25, 0.3) is 0 Å². The molecule has 1 fully saturated rings. The van der Waals surface area contributed by atoms with Gasteiger partial charge in [0.05, 0.1) is 13.0 Å². The molecule has 1 aliphatic rings. The first kappa shape index (κ1) is 13.1. The van der Waals surface area contributed by atoms with Gasteiger partial charge in [-0.1, -0.05) is 6.07 Å². The maximum Gasteiger partial charge on any atom is 0.307 e. The Labute approximate surface area is 117 Å². The number of fused-ring (bicyclic) bond motifs is 1. The fourth-order valence-electron chi connectivity index (χ4n) is 2.63. The van der Waals surface area contributed by atoms with Crippen molar-refractivity contribution in [2.45, 2.75) is 25.8 Å². The molecule has 0 unspecified atom stereocenters. The summed E-state index contributed by atoms with van der Waals surface area (Å²) >= 11 is 0. The minimum Gasteiger partial charge on any atom is -0.481 e. The first-order chi connectivity index (χ1) is 9.70. The summed E-state index contributed by atoms with van der Waals surface area (Å²) in [7, 11) is 0. The predicted molar refractivity (Wildman–Crippen MR) is 74.5 cm³/mol. The molecule has 0 bridgehead atoms. The Balaban J connectivity index is 1.70. The third-order valence-corrected chi connectivity index (χ3v) is 3.66. The van der Waals surface area contributed by atoms with Gasteiger partial charge in [-0.15, -0.1) is 0 Å². The summed E-state index contributed by atoms with van der Waals surface area (Å²) in [5, 5.41) is 17.7. The van der Waals surface area contributed by atoms with Gasteiger partial charge >= 0.3 is 5.97 Å². The number of aliphatic carboxylic acids is 1. The lowest BCUT2D eigenvalue weighted by atomic mass is 10.1. The van der Waals surface area contributed by atoms with Crippen LogP contribution in [0.3, 0.4) is 0 Å². The van der Waals surface area contributed by atoms with Gasteiger partial charge in [0.15, 0.2) is 0 Å². The number of aromatic nitrogens is 3. The largest absolute Gasteiger partial charge is 0.481 e. The molecule has 1 saturated heterocycles. The van der Waals surface area contributed by atoms with Gasteiger partial charge in [-0.3, -0.25) is 4.79 Å². The van der Waals surface area contributed by atoms with Crippen molar-refractivity contribution in [2.75, 3.05) is 19.6 Å². The van der Waals surface area contributed by atoms with E-state index >= 15 is 0 Å². The van der Waals surface area contributed by atoms with E-state index in [4.69, 9.17) is 5.11 Å². The summed E-state index contributed by atoms with van der Waals surface area (Å²) in [6.07, 6.45) is 2.59. The molecule has 6 heteroatoms. The van der Waals surface area contributed by atoms with Crippen molar-refractivity contribution < 1.29 is 9.90 Å². The minimum atomic E-state index is -0.828. The van der Waals surface area contributed by atoms with E-state index in [0.29, 0.717) is 0 Å². The monoisotopic (exact) mass is 274 g/mol. The molecule has 6 nitrogen and oxygen atoms in total. The fraction of sp³-hybridized carbons (Fsp3) is 0.500. The molecule has 3 rings (SSSR count). The van der Waals surface area contributed by atoms with Crippen molar-refractivity contribution in [1.82, 2.24) is 19.9 Å². The highest BCUT2D eigenvalue weighted by Gasteiger charge is 2.12. The molecule has 20 heavy (non-hydrogen) atoms. The van der Waals surface area contributed by atoms with Crippen molar-refractivity contribution in [3.8, 4) is 0 Å². The smallest absolute Gasteiger partial charge is 0.307 e.